The molecule has 20 heavy (non-hydrogen) atoms. The van der Waals surface area contributed by atoms with Crippen LogP contribution in [0.25, 0.3) is 0 Å². The molecule has 0 aromatic heterocycles. The summed E-state index contributed by atoms with van der Waals surface area (Å²) in [5, 5.41) is 8.37. The molecule has 0 aliphatic carbocycles. The molecule has 0 unspecified atom stereocenters. The molecular formula is C16H14O4. The molecule has 0 bridgehead atoms. The zero-order valence-electron chi connectivity index (χ0n) is 10.8. The molecule has 4 heteroatoms. The lowest BCUT2D eigenvalue weighted by Crippen LogP contribution is -1.98. The largest absolute Gasteiger partial charge is 0.481 e. The minimum atomic E-state index is -0.786. The first-order valence-corrected chi connectivity index (χ1v) is 6.17. The number of carbonyl (C=O) groups is 2. The van der Waals surface area contributed by atoms with E-state index in [0.717, 1.165) is 11.1 Å². The molecule has 4 nitrogen and oxygen atoms in total. The van der Waals surface area contributed by atoms with E-state index in [0.29, 0.717) is 12.2 Å². The van der Waals surface area contributed by atoms with Crippen LogP contribution in [0.2, 0.25) is 0 Å². The third kappa shape index (κ3) is 3.68. The SMILES string of the molecule is O=C(O)Cc1ccccc1.O=C1OCc2ccccc21. The van der Waals surface area contributed by atoms with Crippen molar-refractivity contribution in [2.24, 2.45) is 0 Å². The molecule has 0 saturated heterocycles. The van der Waals surface area contributed by atoms with Crippen LogP contribution >= 0.6 is 0 Å². The molecule has 2 aromatic rings. The lowest BCUT2D eigenvalue weighted by molar-refractivity contribution is -0.136. The van der Waals surface area contributed by atoms with Crippen molar-refractivity contribution in [1.82, 2.24) is 0 Å². The van der Waals surface area contributed by atoms with Gasteiger partial charge < -0.3 is 9.84 Å². The summed E-state index contributed by atoms with van der Waals surface area (Å²) < 4.78 is 4.78. The molecule has 0 radical (unpaired) electrons. The fourth-order valence-corrected chi connectivity index (χ4v) is 1.84. The maximum Gasteiger partial charge on any atom is 0.338 e. The van der Waals surface area contributed by atoms with E-state index in [2.05, 4.69) is 0 Å². The van der Waals surface area contributed by atoms with Crippen LogP contribution in [-0.4, -0.2) is 17.0 Å². The third-order valence-corrected chi connectivity index (χ3v) is 2.79. The highest BCUT2D eigenvalue weighted by Gasteiger charge is 2.18. The number of esters is 1. The molecule has 3 rings (SSSR count). The van der Waals surface area contributed by atoms with Crippen LogP contribution in [0.15, 0.2) is 54.6 Å². The van der Waals surface area contributed by atoms with Crippen molar-refractivity contribution in [3.8, 4) is 0 Å². The number of ether oxygens (including phenoxy) is 1. The van der Waals surface area contributed by atoms with E-state index in [1.54, 1.807) is 18.2 Å². The number of rotatable bonds is 2. The Balaban J connectivity index is 0.000000147. The van der Waals surface area contributed by atoms with E-state index < -0.39 is 5.97 Å². The summed E-state index contributed by atoms with van der Waals surface area (Å²) in [6, 6.07) is 16.6. The smallest absolute Gasteiger partial charge is 0.338 e. The van der Waals surface area contributed by atoms with Crippen molar-refractivity contribution in [2.75, 3.05) is 0 Å². The molecule has 2 aromatic carbocycles. The first kappa shape index (κ1) is 13.8. The Morgan fingerprint density at radius 2 is 1.70 bits per heavy atom. The van der Waals surface area contributed by atoms with Gasteiger partial charge in [-0.05, 0) is 11.6 Å². The van der Waals surface area contributed by atoms with Crippen LogP contribution in [-0.2, 0) is 22.6 Å². The first-order valence-electron chi connectivity index (χ1n) is 6.17. The van der Waals surface area contributed by atoms with E-state index in [9.17, 15) is 9.59 Å². The molecule has 1 aliphatic heterocycles. The zero-order valence-corrected chi connectivity index (χ0v) is 10.8. The van der Waals surface area contributed by atoms with E-state index in [4.69, 9.17) is 9.84 Å². The highest BCUT2D eigenvalue weighted by Crippen LogP contribution is 2.18. The van der Waals surface area contributed by atoms with Crippen LogP contribution in [0.1, 0.15) is 21.5 Å². The van der Waals surface area contributed by atoms with Gasteiger partial charge in [-0.1, -0.05) is 48.5 Å². The van der Waals surface area contributed by atoms with Gasteiger partial charge in [0.05, 0.1) is 12.0 Å². The van der Waals surface area contributed by atoms with E-state index >= 15 is 0 Å². The monoisotopic (exact) mass is 270 g/mol. The summed E-state index contributed by atoms with van der Waals surface area (Å²) in [6.07, 6.45) is 0.112. The Bertz CT molecular complexity index is 605. The van der Waals surface area contributed by atoms with Crippen molar-refractivity contribution in [3.63, 3.8) is 0 Å². The first-order chi connectivity index (χ1) is 9.66. The Labute approximate surface area is 116 Å². The maximum atomic E-state index is 10.8. The molecule has 1 aliphatic rings. The number of carbonyl (C=O) groups excluding carboxylic acids is 1. The summed E-state index contributed by atoms with van der Waals surface area (Å²) in [6.45, 7) is 0.439. The highest BCUT2D eigenvalue weighted by molar-refractivity contribution is 5.93. The Morgan fingerprint density at radius 3 is 2.35 bits per heavy atom. The van der Waals surface area contributed by atoms with Crippen LogP contribution in [0.5, 0.6) is 0 Å². The fourth-order valence-electron chi connectivity index (χ4n) is 1.84. The second kappa shape index (κ2) is 6.52. The minimum Gasteiger partial charge on any atom is -0.481 e. The molecule has 1 heterocycles. The second-order valence-corrected chi connectivity index (χ2v) is 4.29. The number of carboxylic acid groups (broad SMARTS) is 1. The summed E-state index contributed by atoms with van der Waals surface area (Å²) in [5.41, 5.74) is 2.55. The normalized spacial score (nSPS) is 11.9. The average Bonchev–Trinajstić information content (AvgIpc) is 2.82. The van der Waals surface area contributed by atoms with E-state index in [-0.39, 0.29) is 12.4 Å². The van der Waals surface area contributed by atoms with Gasteiger partial charge in [0.15, 0.2) is 0 Å². The van der Waals surface area contributed by atoms with E-state index in [1.807, 2.05) is 36.4 Å². The molecular weight excluding hydrogens is 256 g/mol. The van der Waals surface area contributed by atoms with Crippen molar-refractivity contribution < 1.29 is 19.4 Å². The van der Waals surface area contributed by atoms with Crippen molar-refractivity contribution in [3.05, 3.63) is 71.3 Å². The van der Waals surface area contributed by atoms with Gasteiger partial charge in [-0.3, -0.25) is 4.79 Å². The standard InChI is InChI=1S/C8H6O2.C8H8O2/c9-8-7-4-2-1-3-6(7)5-10-8;9-8(10)6-7-4-2-1-3-5-7/h1-4H,5H2;1-5H,6H2,(H,9,10). The quantitative estimate of drug-likeness (QED) is 0.852. The molecule has 102 valence electrons. The van der Waals surface area contributed by atoms with Gasteiger partial charge in [-0.2, -0.15) is 0 Å². The Hall–Kier alpha value is -2.62. The summed E-state index contributed by atoms with van der Waals surface area (Å²) in [5.74, 6) is -0.984. The Morgan fingerprint density at radius 1 is 1.05 bits per heavy atom. The molecule has 1 N–H and O–H groups in total. The number of aliphatic carboxylic acids is 1. The van der Waals surface area contributed by atoms with Gasteiger partial charge in [0.2, 0.25) is 0 Å². The topological polar surface area (TPSA) is 63.6 Å². The summed E-state index contributed by atoms with van der Waals surface area (Å²) in [4.78, 5) is 21.0. The Kier molecular flexibility index (Phi) is 4.50. The van der Waals surface area contributed by atoms with Gasteiger partial charge in [0.25, 0.3) is 0 Å². The van der Waals surface area contributed by atoms with Crippen LogP contribution in [0, 0.1) is 0 Å². The van der Waals surface area contributed by atoms with Gasteiger partial charge in [0, 0.05) is 5.56 Å². The summed E-state index contributed by atoms with van der Waals surface area (Å²) >= 11 is 0. The average molecular weight is 270 g/mol. The van der Waals surface area contributed by atoms with Gasteiger partial charge >= 0.3 is 11.9 Å². The molecule has 0 amide bonds. The molecule has 0 saturated carbocycles. The number of carboxylic acids is 1. The lowest BCUT2D eigenvalue weighted by atomic mass is 10.1. The van der Waals surface area contributed by atoms with Crippen LogP contribution in [0.3, 0.4) is 0 Å². The molecule has 0 fully saturated rings. The number of hydrogen-bond acceptors (Lipinski definition) is 3. The van der Waals surface area contributed by atoms with Gasteiger partial charge in [-0.15, -0.1) is 0 Å². The third-order valence-electron chi connectivity index (χ3n) is 2.79. The van der Waals surface area contributed by atoms with Crippen LogP contribution in [0.4, 0.5) is 0 Å². The number of hydrogen-bond donors (Lipinski definition) is 1. The number of fused-ring (bicyclic) bond motifs is 1. The molecule has 0 spiro atoms. The van der Waals surface area contributed by atoms with E-state index in [1.165, 1.54) is 0 Å². The summed E-state index contributed by atoms with van der Waals surface area (Å²) in [7, 11) is 0. The highest BCUT2D eigenvalue weighted by atomic mass is 16.5. The fraction of sp³-hybridized carbons (Fsp3) is 0.125. The predicted molar refractivity (Wildman–Crippen MR) is 73.3 cm³/mol. The number of benzene rings is 2. The van der Waals surface area contributed by atoms with Gasteiger partial charge in [-0.25, -0.2) is 4.79 Å². The van der Waals surface area contributed by atoms with Crippen molar-refractivity contribution in [2.45, 2.75) is 13.0 Å². The van der Waals surface area contributed by atoms with Crippen molar-refractivity contribution >= 4 is 11.9 Å². The molecule has 0 atom stereocenters. The van der Waals surface area contributed by atoms with Gasteiger partial charge in [0.1, 0.15) is 6.61 Å². The second-order valence-electron chi connectivity index (χ2n) is 4.29. The minimum absolute atomic E-state index is 0.112. The number of cyclic esters (lactones) is 1. The predicted octanol–water partition coefficient (Wildman–Crippen LogP) is 2.67. The van der Waals surface area contributed by atoms with Crippen molar-refractivity contribution in [1.29, 1.82) is 0 Å². The maximum absolute atomic E-state index is 10.8. The van der Waals surface area contributed by atoms with Crippen LogP contribution < -0.4 is 0 Å². The lowest BCUT2D eigenvalue weighted by Gasteiger charge is -1.92. The zero-order chi connectivity index (χ0) is 14.4.